The van der Waals surface area contributed by atoms with Gasteiger partial charge in [0.15, 0.2) is 0 Å². The highest BCUT2D eigenvalue weighted by Gasteiger charge is 2.03. The highest BCUT2D eigenvalue weighted by Crippen LogP contribution is 2.21. The van der Waals surface area contributed by atoms with E-state index in [-0.39, 0.29) is 5.91 Å². The Morgan fingerprint density at radius 2 is 1.65 bits per heavy atom. The fraction of sp³-hybridized carbons (Fsp3) is 0.133. The molecule has 0 aliphatic rings. The first-order chi connectivity index (χ1) is 9.63. The number of halogens is 2. The van der Waals surface area contributed by atoms with E-state index in [1.165, 1.54) is 0 Å². The quantitative estimate of drug-likeness (QED) is 0.818. The van der Waals surface area contributed by atoms with Crippen LogP contribution in [0.1, 0.15) is 12.0 Å². The summed E-state index contributed by atoms with van der Waals surface area (Å²) in [6.45, 7) is 0. The van der Waals surface area contributed by atoms with E-state index in [1.807, 2.05) is 30.3 Å². The van der Waals surface area contributed by atoms with Gasteiger partial charge in [0, 0.05) is 16.5 Å². The number of hydrogen-bond donors (Lipinski definition) is 2. The zero-order valence-electron chi connectivity index (χ0n) is 10.7. The Kier molecular flexibility index (Phi) is 5.27. The fourth-order valence-corrected chi connectivity index (χ4v) is 2.26. The molecule has 0 aliphatic carbocycles. The van der Waals surface area contributed by atoms with Crippen molar-refractivity contribution in [1.82, 2.24) is 5.43 Å². The number of anilines is 1. The molecule has 3 nitrogen and oxygen atoms in total. The van der Waals surface area contributed by atoms with E-state index in [1.54, 1.807) is 18.2 Å². The largest absolute Gasteiger partial charge is 0.299 e. The smallest absolute Gasteiger partial charge is 0.238 e. The summed E-state index contributed by atoms with van der Waals surface area (Å²) >= 11 is 11.7. The summed E-state index contributed by atoms with van der Waals surface area (Å²) in [4.78, 5) is 11.7. The minimum Gasteiger partial charge on any atom is -0.299 e. The van der Waals surface area contributed by atoms with Gasteiger partial charge in [-0.25, -0.2) is 0 Å². The predicted octanol–water partition coefficient (Wildman–Crippen LogP) is 4.07. The van der Waals surface area contributed by atoms with Crippen LogP contribution in [0.4, 0.5) is 5.69 Å². The van der Waals surface area contributed by atoms with Crippen molar-refractivity contribution in [2.45, 2.75) is 12.8 Å². The SMILES string of the molecule is O=C(CCc1ccccc1)NNc1cc(Cl)cc(Cl)c1. The number of hydrazine groups is 1. The maximum absolute atomic E-state index is 11.7. The molecule has 0 aromatic heterocycles. The maximum Gasteiger partial charge on any atom is 0.238 e. The van der Waals surface area contributed by atoms with Crippen molar-refractivity contribution in [3.63, 3.8) is 0 Å². The molecule has 5 heteroatoms. The molecule has 0 unspecified atom stereocenters. The van der Waals surface area contributed by atoms with Crippen LogP contribution >= 0.6 is 23.2 Å². The highest BCUT2D eigenvalue weighted by molar-refractivity contribution is 6.35. The Balaban J connectivity index is 1.80. The van der Waals surface area contributed by atoms with Gasteiger partial charge < -0.3 is 0 Å². The van der Waals surface area contributed by atoms with Crippen LogP contribution in [0.15, 0.2) is 48.5 Å². The van der Waals surface area contributed by atoms with Crippen molar-refractivity contribution in [3.8, 4) is 0 Å². The van der Waals surface area contributed by atoms with E-state index in [4.69, 9.17) is 23.2 Å². The van der Waals surface area contributed by atoms with E-state index in [9.17, 15) is 4.79 Å². The van der Waals surface area contributed by atoms with Gasteiger partial charge in [0.2, 0.25) is 5.91 Å². The lowest BCUT2D eigenvalue weighted by Gasteiger charge is -2.09. The van der Waals surface area contributed by atoms with Crippen molar-refractivity contribution in [1.29, 1.82) is 0 Å². The molecule has 1 amide bonds. The van der Waals surface area contributed by atoms with Gasteiger partial charge in [0.1, 0.15) is 0 Å². The van der Waals surface area contributed by atoms with Crippen LogP contribution in [0.25, 0.3) is 0 Å². The minimum absolute atomic E-state index is 0.0926. The molecular weight excluding hydrogens is 295 g/mol. The van der Waals surface area contributed by atoms with Crippen molar-refractivity contribution >= 4 is 34.8 Å². The second-order valence-corrected chi connectivity index (χ2v) is 5.19. The van der Waals surface area contributed by atoms with Crippen molar-refractivity contribution in [2.75, 3.05) is 5.43 Å². The molecule has 0 radical (unpaired) electrons. The van der Waals surface area contributed by atoms with Crippen LogP contribution < -0.4 is 10.9 Å². The number of nitrogens with one attached hydrogen (secondary N) is 2. The summed E-state index contributed by atoms with van der Waals surface area (Å²) in [6, 6.07) is 14.9. The zero-order valence-corrected chi connectivity index (χ0v) is 12.2. The van der Waals surface area contributed by atoms with Gasteiger partial charge in [-0.2, -0.15) is 0 Å². The Morgan fingerprint density at radius 3 is 2.30 bits per heavy atom. The third kappa shape index (κ3) is 4.76. The zero-order chi connectivity index (χ0) is 14.4. The van der Waals surface area contributed by atoms with E-state index in [2.05, 4.69) is 10.9 Å². The fourth-order valence-electron chi connectivity index (χ4n) is 1.73. The molecule has 0 bridgehead atoms. The molecule has 2 aromatic rings. The lowest BCUT2D eigenvalue weighted by molar-refractivity contribution is -0.120. The molecule has 0 atom stereocenters. The number of hydrogen-bond acceptors (Lipinski definition) is 2. The molecule has 20 heavy (non-hydrogen) atoms. The summed E-state index contributed by atoms with van der Waals surface area (Å²) in [5, 5.41) is 1.03. The van der Waals surface area contributed by atoms with Crippen LogP contribution in [0.5, 0.6) is 0 Å². The number of amides is 1. The Hall–Kier alpha value is -1.71. The number of aryl methyl sites for hydroxylation is 1. The van der Waals surface area contributed by atoms with E-state index >= 15 is 0 Å². The summed E-state index contributed by atoms with van der Waals surface area (Å²) in [6.07, 6.45) is 1.11. The third-order valence-corrected chi connectivity index (χ3v) is 3.13. The maximum atomic E-state index is 11.7. The van der Waals surface area contributed by atoms with Gasteiger partial charge >= 0.3 is 0 Å². The Bertz CT molecular complexity index is 567. The van der Waals surface area contributed by atoms with Gasteiger partial charge in [-0.05, 0) is 30.2 Å². The first-order valence-corrected chi connectivity index (χ1v) is 6.94. The standard InChI is InChI=1S/C15H14Cl2N2O/c16-12-8-13(17)10-14(9-12)18-19-15(20)7-6-11-4-2-1-3-5-11/h1-5,8-10,18H,6-7H2,(H,19,20). The predicted molar refractivity (Wildman–Crippen MR) is 83.0 cm³/mol. The van der Waals surface area contributed by atoms with Crippen LogP contribution in [-0.2, 0) is 11.2 Å². The molecule has 0 aliphatic heterocycles. The normalized spacial score (nSPS) is 10.1. The topological polar surface area (TPSA) is 41.1 Å². The van der Waals surface area contributed by atoms with Gasteiger partial charge in [-0.3, -0.25) is 15.6 Å². The second-order valence-electron chi connectivity index (χ2n) is 4.32. The van der Waals surface area contributed by atoms with Gasteiger partial charge in [0.25, 0.3) is 0 Å². The van der Waals surface area contributed by atoms with Gasteiger partial charge in [0.05, 0.1) is 5.69 Å². The molecule has 2 N–H and O–H groups in total. The van der Waals surface area contributed by atoms with Crippen LogP contribution in [-0.4, -0.2) is 5.91 Å². The Labute approximate surface area is 127 Å². The monoisotopic (exact) mass is 308 g/mol. The molecule has 0 spiro atoms. The van der Waals surface area contributed by atoms with Crippen molar-refractivity contribution < 1.29 is 4.79 Å². The summed E-state index contributed by atoms with van der Waals surface area (Å²) < 4.78 is 0. The van der Waals surface area contributed by atoms with Gasteiger partial charge in [-0.1, -0.05) is 53.5 Å². The molecule has 2 rings (SSSR count). The Morgan fingerprint density at radius 1 is 1.00 bits per heavy atom. The van der Waals surface area contributed by atoms with Crippen LogP contribution in [0.3, 0.4) is 0 Å². The first kappa shape index (κ1) is 14.7. The van der Waals surface area contributed by atoms with Crippen molar-refractivity contribution in [3.05, 3.63) is 64.1 Å². The van der Waals surface area contributed by atoms with Crippen LogP contribution in [0, 0.1) is 0 Å². The second kappa shape index (κ2) is 7.17. The summed E-state index contributed by atoms with van der Waals surface area (Å²) in [5.74, 6) is -0.0926. The molecule has 0 saturated heterocycles. The molecule has 0 fully saturated rings. The number of rotatable bonds is 5. The first-order valence-electron chi connectivity index (χ1n) is 6.18. The lowest BCUT2D eigenvalue weighted by atomic mass is 10.1. The molecule has 2 aromatic carbocycles. The third-order valence-electron chi connectivity index (χ3n) is 2.69. The summed E-state index contributed by atoms with van der Waals surface area (Å²) in [7, 11) is 0. The molecular formula is C15H14Cl2N2O. The van der Waals surface area contributed by atoms with Crippen molar-refractivity contribution in [2.24, 2.45) is 0 Å². The molecule has 0 saturated carbocycles. The number of benzene rings is 2. The molecule has 104 valence electrons. The van der Waals surface area contributed by atoms with E-state index in [0.29, 0.717) is 28.6 Å². The highest BCUT2D eigenvalue weighted by atomic mass is 35.5. The number of carbonyl (C=O) groups excluding carboxylic acids is 1. The average Bonchev–Trinajstić information content (AvgIpc) is 2.43. The van der Waals surface area contributed by atoms with Crippen LogP contribution in [0.2, 0.25) is 10.0 Å². The molecule has 0 heterocycles. The van der Waals surface area contributed by atoms with E-state index < -0.39 is 0 Å². The number of carbonyl (C=O) groups is 1. The van der Waals surface area contributed by atoms with E-state index in [0.717, 1.165) is 5.56 Å². The minimum atomic E-state index is -0.0926. The lowest BCUT2D eigenvalue weighted by Crippen LogP contribution is -2.29. The average molecular weight is 309 g/mol. The summed E-state index contributed by atoms with van der Waals surface area (Å²) in [5.41, 5.74) is 7.19. The van der Waals surface area contributed by atoms with Gasteiger partial charge in [-0.15, -0.1) is 0 Å².